The van der Waals surface area contributed by atoms with Crippen LogP contribution in [0.2, 0.25) is 0 Å². The second-order valence-electron chi connectivity index (χ2n) is 4.37. The van der Waals surface area contributed by atoms with Crippen molar-refractivity contribution in [3.8, 4) is 10.6 Å². The molecule has 3 rings (SSSR count). The van der Waals surface area contributed by atoms with Gasteiger partial charge in [0.05, 0.1) is 15.8 Å². The Morgan fingerprint density at radius 3 is 2.38 bits per heavy atom. The van der Waals surface area contributed by atoms with Crippen molar-refractivity contribution >= 4 is 39.0 Å². The van der Waals surface area contributed by atoms with E-state index in [1.807, 2.05) is 12.1 Å². The van der Waals surface area contributed by atoms with E-state index >= 15 is 0 Å². The van der Waals surface area contributed by atoms with Gasteiger partial charge in [-0.1, -0.05) is 0 Å². The van der Waals surface area contributed by atoms with Crippen molar-refractivity contribution in [3.05, 3.63) is 48.0 Å². The number of halogens is 4. The molecule has 0 aliphatic carbocycles. The highest BCUT2D eigenvalue weighted by atomic mass is 35.5. The smallest absolute Gasteiger partial charge is 0.299 e. The maximum absolute atomic E-state index is 12.7. The lowest BCUT2D eigenvalue weighted by molar-refractivity contribution is -0.137. The Labute approximate surface area is 127 Å². The van der Waals surface area contributed by atoms with E-state index in [0.717, 1.165) is 28.1 Å². The van der Waals surface area contributed by atoms with Crippen LogP contribution in [-0.4, -0.2) is 4.98 Å². The number of rotatable bonds is 2. The van der Waals surface area contributed by atoms with Gasteiger partial charge in [0.2, 0.25) is 0 Å². The summed E-state index contributed by atoms with van der Waals surface area (Å²) < 4.78 is 38.8. The topological polar surface area (TPSA) is 24.9 Å². The molecule has 1 aromatic heterocycles. The van der Waals surface area contributed by atoms with Crippen LogP contribution in [0.25, 0.3) is 20.8 Å². The van der Waals surface area contributed by atoms with E-state index in [-0.39, 0.29) is 0 Å². The van der Waals surface area contributed by atoms with Crippen molar-refractivity contribution < 1.29 is 13.2 Å². The van der Waals surface area contributed by atoms with E-state index in [9.17, 15) is 13.2 Å². The third kappa shape index (κ3) is 2.82. The summed E-state index contributed by atoms with van der Waals surface area (Å²) in [5.41, 5.74) is 1.24. The molecule has 0 amide bonds. The summed E-state index contributed by atoms with van der Waals surface area (Å²) in [6.45, 7) is 0. The zero-order valence-electron chi connectivity index (χ0n) is 10.4. The molecule has 0 aliphatic rings. The number of thiazole rings is 1. The molecule has 3 aromatic rings. The summed E-state index contributed by atoms with van der Waals surface area (Å²) in [5, 5.41) is 0.672. The second kappa shape index (κ2) is 5.20. The maximum Gasteiger partial charge on any atom is 0.416 e. The van der Waals surface area contributed by atoms with E-state index in [4.69, 9.17) is 11.8 Å². The van der Waals surface area contributed by atoms with Crippen molar-refractivity contribution in [2.45, 2.75) is 6.18 Å². The number of alkyl halides is 3. The van der Waals surface area contributed by atoms with Gasteiger partial charge in [0.15, 0.2) is 0 Å². The number of anilines is 1. The van der Waals surface area contributed by atoms with Gasteiger partial charge in [-0.05, 0) is 42.5 Å². The average molecular weight is 329 g/mol. The molecule has 108 valence electrons. The molecule has 0 spiro atoms. The predicted octanol–water partition coefficient (Wildman–Crippen LogP) is 5.55. The Hall–Kier alpha value is -1.79. The number of aromatic nitrogens is 1. The monoisotopic (exact) mass is 328 g/mol. The minimum Gasteiger partial charge on any atom is -0.299 e. The Bertz CT molecular complexity index is 781. The van der Waals surface area contributed by atoms with Gasteiger partial charge in [-0.25, -0.2) is 4.98 Å². The molecular formula is C14H8ClF3N2S. The molecule has 0 saturated carbocycles. The largest absolute Gasteiger partial charge is 0.416 e. The first kappa shape index (κ1) is 14.2. The van der Waals surface area contributed by atoms with Gasteiger partial charge >= 0.3 is 6.18 Å². The molecule has 0 bridgehead atoms. The molecule has 0 atom stereocenters. The van der Waals surface area contributed by atoms with E-state index in [1.54, 1.807) is 12.1 Å². The summed E-state index contributed by atoms with van der Waals surface area (Å²) in [6.07, 6.45) is -4.36. The Balaban J connectivity index is 2.04. The molecule has 7 heteroatoms. The van der Waals surface area contributed by atoms with Crippen LogP contribution >= 0.6 is 23.1 Å². The maximum atomic E-state index is 12.7. The van der Waals surface area contributed by atoms with Crippen LogP contribution in [0.5, 0.6) is 0 Å². The van der Waals surface area contributed by atoms with Gasteiger partial charge in [-0.2, -0.15) is 13.2 Å². The third-order valence-electron chi connectivity index (χ3n) is 2.96. The van der Waals surface area contributed by atoms with Gasteiger partial charge in [0, 0.05) is 23.0 Å². The molecule has 0 saturated heterocycles. The first-order valence-electron chi connectivity index (χ1n) is 5.92. The minimum absolute atomic E-state index is 0.351. The normalized spacial score (nSPS) is 11.8. The quantitative estimate of drug-likeness (QED) is 0.624. The highest BCUT2D eigenvalue weighted by Crippen LogP contribution is 2.35. The fourth-order valence-corrected chi connectivity index (χ4v) is 2.98. The third-order valence-corrected chi connectivity index (χ3v) is 4.26. The lowest BCUT2D eigenvalue weighted by Crippen LogP contribution is -2.03. The molecule has 0 aliphatic heterocycles. The van der Waals surface area contributed by atoms with Crippen LogP contribution in [0.15, 0.2) is 42.5 Å². The lowest BCUT2D eigenvalue weighted by atomic mass is 10.2. The first-order chi connectivity index (χ1) is 9.97. The number of hydrogen-bond acceptors (Lipinski definition) is 3. The van der Waals surface area contributed by atoms with Crippen LogP contribution in [0.1, 0.15) is 5.56 Å². The summed E-state index contributed by atoms with van der Waals surface area (Å²) in [4.78, 5) is 6.76. The lowest BCUT2D eigenvalue weighted by Gasteiger charge is -2.04. The molecule has 0 unspecified atom stereocenters. The molecule has 0 radical (unpaired) electrons. The first-order valence-corrected chi connectivity index (χ1v) is 7.12. The highest BCUT2D eigenvalue weighted by Gasteiger charge is 2.30. The summed E-state index contributed by atoms with van der Waals surface area (Å²) in [5.74, 6) is 0. The predicted molar refractivity (Wildman–Crippen MR) is 79.5 cm³/mol. The van der Waals surface area contributed by atoms with E-state index in [0.29, 0.717) is 10.5 Å². The fourth-order valence-electron chi connectivity index (χ4n) is 1.90. The molecule has 1 heterocycles. The van der Waals surface area contributed by atoms with Crippen molar-refractivity contribution in [1.82, 2.24) is 4.98 Å². The summed E-state index contributed by atoms with van der Waals surface area (Å²) in [6, 6.07) is 10.8. The second-order valence-corrected chi connectivity index (χ2v) is 5.59. The molecule has 2 aromatic carbocycles. The SMILES string of the molecule is FC(F)(F)c1ccc2sc(-c3ccc(NCl)cc3)nc2c1. The van der Waals surface area contributed by atoms with Crippen LogP contribution < -0.4 is 4.84 Å². The van der Waals surface area contributed by atoms with E-state index in [2.05, 4.69) is 9.82 Å². The Morgan fingerprint density at radius 1 is 1.05 bits per heavy atom. The molecule has 2 nitrogen and oxygen atoms in total. The summed E-state index contributed by atoms with van der Waals surface area (Å²) >= 11 is 6.83. The number of benzene rings is 2. The summed E-state index contributed by atoms with van der Waals surface area (Å²) in [7, 11) is 0. The van der Waals surface area contributed by atoms with Gasteiger partial charge in [-0.15, -0.1) is 11.3 Å². The van der Waals surface area contributed by atoms with E-state index in [1.165, 1.54) is 17.4 Å². The van der Waals surface area contributed by atoms with Gasteiger partial charge in [0.1, 0.15) is 5.01 Å². The Kier molecular flexibility index (Phi) is 3.51. The number of nitrogens with one attached hydrogen (secondary N) is 1. The average Bonchev–Trinajstić information content (AvgIpc) is 2.89. The van der Waals surface area contributed by atoms with Crippen LogP contribution in [-0.2, 0) is 6.18 Å². The van der Waals surface area contributed by atoms with Gasteiger partial charge in [-0.3, -0.25) is 4.84 Å². The zero-order chi connectivity index (χ0) is 15.0. The Morgan fingerprint density at radius 2 is 1.76 bits per heavy atom. The molecule has 0 fully saturated rings. The van der Waals surface area contributed by atoms with Gasteiger partial charge in [0.25, 0.3) is 0 Å². The van der Waals surface area contributed by atoms with Crippen molar-refractivity contribution in [2.75, 3.05) is 4.84 Å². The zero-order valence-corrected chi connectivity index (χ0v) is 12.0. The van der Waals surface area contributed by atoms with Crippen LogP contribution in [0.3, 0.4) is 0 Å². The minimum atomic E-state index is -4.36. The highest BCUT2D eigenvalue weighted by molar-refractivity contribution is 7.21. The van der Waals surface area contributed by atoms with Crippen LogP contribution in [0, 0.1) is 0 Å². The van der Waals surface area contributed by atoms with Gasteiger partial charge < -0.3 is 0 Å². The number of nitrogens with zero attached hydrogens (tertiary/aromatic N) is 1. The fraction of sp³-hybridized carbons (Fsp3) is 0.0714. The van der Waals surface area contributed by atoms with Crippen molar-refractivity contribution in [1.29, 1.82) is 0 Å². The standard InChI is InChI=1S/C14H8ClF3N2S/c15-20-10-4-1-8(2-5-10)13-19-11-7-9(14(16,17)18)3-6-12(11)21-13/h1-7,20H. The number of fused-ring (bicyclic) bond motifs is 1. The van der Waals surface area contributed by atoms with Crippen molar-refractivity contribution in [2.24, 2.45) is 0 Å². The van der Waals surface area contributed by atoms with Crippen molar-refractivity contribution in [3.63, 3.8) is 0 Å². The molecule has 1 N–H and O–H groups in total. The van der Waals surface area contributed by atoms with Crippen LogP contribution in [0.4, 0.5) is 18.9 Å². The molecule has 21 heavy (non-hydrogen) atoms. The molecular weight excluding hydrogens is 321 g/mol. The number of hydrogen-bond donors (Lipinski definition) is 1. The van der Waals surface area contributed by atoms with E-state index < -0.39 is 11.7 Å².